The van der Waals surface area contributed by atoms with Crippen LogP contribution in [0.15, 0.2) is 84.9 Å². The molecule has 3 aromatic rings. The van der Waals surface area contributed by atoms with Gasteiger partial charge in [0.05, 0.1) is 5.69 Å². The Kier molecular flexibility index (Phi) is 8.18. The Hall–Kier alpha value is -3.69. The summed E-state index contributed by atoms with van der Waals surface area (Å²) in [5.74, 6) is -0.284. The standard InChI is InChI=1S/C29H32N2O5SSi/c1-38(2,3)19-18-30-29(33)21-31(37(30,34)35)26-16-14-23(15-17-27(32)25-12-8-5-9-13-25)20-28(26)36-22-24-10-6-4-7-11-24/h4-17,20H,18-19,21-22H2,1-3H3. The molecule has 1 aliphatic heterocycles. The number of carbonyl (C=O) groups is 2. The lowest BCUT2D eigenvalue weighted by Crippen LogP contribution is -2.37. The number of carbonyl (C=O) groups excluding carboxylic acids is 2. The van der Waals surface area contributed by atoms with E-state index in [2.05, 4.69) is 19.6 Å². The highest BCUT2D eigenvalue weighted by Crippen LogP contribution is 2.36. The third-order valence-electron chi connectivity index (χ3n) is 6.15. The molecule has 1 fully saturated rings. The predicted octanol–water partition coefficient (Wildman–Crippen LogP) is 5.39. The smallest absolute Gasteiger partial charge is 0.329 e. The van der Waals surface area contributed by atoms with Crippen molar-refractivity contribution >= 4 is 41.7 Å². The Bertz CT molecular complexity index is 1430. The average Bonchev–Trinajstić information content (AvgIpc) is 3.12. The summed E-state index contributed by atoms with van der Waals surface area (Å²) < 4.78 is 35.1. The largest absolute Gasteiger partial charge is 0.487 e. The molecule has 0 N–H and O–H groups in total. The van der Waals surface area contributed by atoms with Gasteiger partial charge in [-0.25, -0.2) is 8.61 Å². The number of ketones is 1. The van der Waals surface area contributed by atoms with Gasteiger partial charge in [0.25, 0.3) is 5.91 Å². The van der Waals surface area contributed by atoms with Crippen LogP contribution < -0.4 is 9.04 Å². The molecule has 0 saturated carbocycles. The molecule has 1 heterocycles. The Labute approximate surface area is 225 Å². The molecular weight excluding hydrogens is 516 g/mol. The second kappa shape index (κ2) is 11.4. The molecule has 1 amide bonds. The van der Waals surface area contributed by atoms with Gasteiger partial charge in [0.15, 0.2) is 5.78 Å². The number of nitrogens with zero attached hydrogens (tertiary/aromatic N) is 2. The van der Waals surface area contributed by atoms with Crippen molar-refractivity contribution in [3.8, 4) is 5.75 Å². The summed E-state index contributed by atoms with van der Waals surface area (Å²) in [5, 5.41) is 0. The minimum absolute atomic E-state index is 0.146. The molecule has 0 unspecified atom stereocenters. The van der Waals surface area contributed by atoms with Crippen molar-refractivity contribution in [3.05, 3.63) is 102 Å². The summed E-state index contributed by atoms with van der Waals surface area (Å²) in [6.07, 6.45) is 3.14. The molecule has 0 spiro atoms. The number of hydrogen-bond acceptors (Lipinski definition) is 5. The van der Waals surface area contributed by atoms with E-state index in [0.29, 0.717) is 22.9 Å². The second-order valence-electron chi connectivity index (χ2n) is 10.4. The molecule has 1 saturated heterocycles. The normalized spacial score (nSPS) is 15.3. The van der Waals surface area contributed by atoms with E-state index in [0.717, 1.165) is 14.2 Å². The van der Waals surface area contributed by atoms with Crippen molar-refractivity contribution in [2.45, 2.75) is 32.3 Å². The molecule has 38 heavy (non-hydrogen) atoms. The zero-order valence-electron chi connectivity index (χ0n) is 21.8. The number of amides is 1. The first kappa shape index (κ1) is 27.3. The van der Waals surface area contributed by atoms with Crippen LogP contribution in [-0.2, 0) is 21.6 Å². The van der Waals surface area contributed by atoms with Gasteiger partial charge < -0.3 is 4.74 Å². The van der Waals surface area contributed by atoms with Crippen LogP contribution in [0.4, 0.5) is 5.69 Å². The Balaban J connectivity index is 1.64. The van der Waals surface area contributed by atoms with Gasteiger partial charge in [0, 0.05) is 20.2 Å². The molecule has 3 aromatic carbocycles. The zero-order chi connectivity index (χ0) is 27.3. The van der Waals surface area contributed by atoms with E-state index in [1.54, 1.807) is 48.5 Å². The summed E-state index contributed by atoms with van der Waals surface area (Å²) in [6, 6.07) is 24.2. The number of rotatable bonds is 10. The SMILES string of the molecule is C[Si](C)(C)CCN1C(=O)CN(c2ccc(C=CC(=O)c3ccccc3)cc2OCc2ccccc2)S1(=O)=O. The first-order valence-corrected chi connectivity index (χ1v) is 17.6. The van der Waals surface area contributed by atoms with Crippen molar-refractivity contribution in [1.82, 2.24) is 4.31 Å². The Morgan fingerprint density at radius 3 is 2.29 bits per heavy atom. The third-order valence-corrected chi connectivity index (χ3v) is 9.70. The summed E-state index contributed by atoms with van der Waals surface area (Å²) in [7, 11) is -5.61. The third kappa shape index (κ3) is 6.59. The van der Waals surface area contributed by atoms with Crippen LogP contribution in [0, 0.1) is 0 Å². The molecule has 0 aliphatic carbocycles. The van der Waals surface area contributed by atoms with E-state index in [4.69, 9.17) is 4.74 Å². The minimum atomic E-state index is -4.05. The fraction of sp³-hybridized carbons (Fsp3) is 0.241. The van der Waals surface area contributed by atoms with Gasteiger partial charge in [-0.1, -0.05) is 92.4 Å². The lowest BCUT2D eigenvalue weighted by Gasteiger charge is -2.24. The van der Waals surface area contributed by atoms with Gasteiger partial charge in [-0.3, -0.25) is 9.59 Å². The van der Waals surface area contributed by atoms with Crippen molar-refractivity contribution < 1.29 is 22.7 Å². The lowest BCUT2D eigenvalue weighted by atomic mass is 10.1. The lowest BCUT2D eigenvalue weighted by molar-refractivity contribution is -0.123. The van der Waals surface area contributed by atoms with Crippen LogP contribution in [-0.4, -0.2) is 45.6 Å². The van der Waals surface area contributed by atoms with Gasteiger partial charge in [0.2, 0.25) is 0 Å². The van der Waals surface area contributed by atoms with Gasteiger partial charge >= 0.3 is 10.2 Å². The highest BCUT2D eigenvalue weighted by molar-refractivity contribution is 7.91. The number of benzene rings is 3. The fourth-order valence-corrected chi connectivity index (χ4v) is 6.58. The summed E-state index contributed by atoms with van der Waals surface area (Å²) in [4.78, 5) is 25.3. The van der Waals surface area contributed by atoms with Crippen molar-refractivity contribution in [3.63, 3.8) is 0 Å². The Morgan fingerprint density at radius 2 is 1.63 bits per heavy atom. The quantitative estimate of drug-likeness (QED) is 0.193. The fourth-order valence-electron chi connectivity index (χ4n) is 3.98. The van der Waals surface area contributed by atoms with Crippen LogP contribution in [0.25, 0.3) is 6.08 Å². The summed E-state index contributed by atoms with van der Waals surface area (Å²) in [6.45, 7) is 6.53. The molecule has 0 radical (unpaired) electrons. The number of allylic oxidation sites excluding steroid dienone is 1. The van der Waals surface area contributed by atoms with Crippen LogP contribution in [0.5, 0.6) is 5.75 Å². The second-order valence-corrected chi connectivity index (χ2v) is 17.8. The molecule has 1 aliphatic rings. The first-order valence-electron chi connectivity index (χ1n) is 12.5. The molecule has 0 atom stereocenters. The maximum Gasteiger partial charge on any atom is 0.329 e. The van der Waals surface area contributed by atoms with E-state index >= 15 is 0 Å². The maximum absolute atomic E-state index is 13.4. The Morgan fingerprint density at radius 1 is 0.974 bits per heavy atom. The average molecular weight is 549 g/mol. The first-order chi connectivity index (χ1) is 18.0. The molecule has 4 rings (SSSR count). The number of ether oxygens (including phenoxy) is 1. The van der Waals surface area contributed by atoms with Crippen molar-refractivity contribution in [2.75, 3.05) is 17.4 Å². The monoisotopic (exact) mass is 548 g/mol. The van der Waals surface area contributed by atoms with Gasteiger partial charge in [-0.15, -0.1) is 0 Å². The van der Waals surface area contributed by atoms with Crippen LogP contribution in [0.1, 0.15) is 21.5 Å². The predicted molar refractivity (Wildman–Crippen MR) is 153 cm³/mol. The molecule has 9 heteroatoms. The van der Waals surface area contributed by atoms with Gasteiger partial charge in [-0.05, 0) is 35.4 Å². The summed E-state index contributed by atoms with van der Waals surface area (Å²) in [5.41, 5.74) is 2.44. The summed E-state index contributed by atoms with van der Waals surface area (Å²) >= 11 is 0. The van der Waals surface area contributed by atoms with E-state index in [1.807, 2.05) is 36.4 Å². The number of hydrogen-bond donors (Lipinski definition) is 0. The molecule has 198 valence electrons. The molecule has 0 aromatic heterocycles. The molecule has 7 nitrogen and oxygen atoms in total. The minimum Gasteiger partial charge on any atom is -0.487 e. The topological polar surface area (TPSA) is 84.0 Å². The van der Waals surface area contributed by atoms with E-state index in [1.165, 1.54) is 6.08 Å². The van der Waals surface area contributed by atoms with Crippen molar-refractivity contribution in [2.24, 2.45) is 0 Å². The van der Waals surface area contributed by atoms with E-state index in [-0.39, 0.29) is 31.2 Å². The maximum atomic E-state index is 13.4. The molecular formula is C29H32N2O5SSi. The highest BCUT2D eigenvalue weighted by atomic mass is 32.2. The van der Waals surface area contributed by atoms with E-state index < -0.39 is 24.2 Å². The van der Waals surface area contributed by atoms with Crippen LogP contribution >= 0.6 is 0 Å². The van der Waals surface area contributed by atoms with Crippen molar-refractivity contribution in [1.29, 1.82) is 0 Å². The van der Waals surface area contributed by atoms with E-state index in [9.17, 15) is 18.0 Å². The molecule has 0 bridgehead atoms. The van der Waals surface area contributed by atoms with Crippen LogP contribution in [0.3, 0.4) is 0 Å². The number of anilines is 1. The van der Waals surface area contributed by atoms with Crippen LogP contribution in [0.2, 0.25) is 25.7 Å². The highest BCUT2D eigenvalue weighted by Gasteiger charge is 2.43. The van der Waals surface area contributed by atoms with Gasteiger partial charge in [-0.2, -0.15) is 8.42 Å². The van der Waals surface area contributed by atoms with Gasteiger partial charge in [0.1, 0.15) is 18.9 Å². The zero-order valence-corrected chi connectivity index (χ0v) is 23.6.